The molecule has 1 atom stereocenters. The third kappa shape index (κ3) is 5.98. The molecule has 1 aromatic heterocycles. The van der Waals surface area contributed by atoms with Crippen molar-refractivity contribution in [3.05, 3.63) is 34.9 Å². The molecular weight excluding hydrogens is 382 g/mol. The lowest BCUT2D eigenvalue weighted by Crippen LogP contribution is -2.20. The van der Waals surface area contributed by atoms with Crippen LogP contribution in [0.5, 0.6) is 0 Å². The predicted octanol–water partition coefficient (Wildman–Crippen LogP) is 4.27. The van der Waals surface area contributed by atoms with Gasteiger partial charge in [0.1, 0.15) is 5.25 Å². The number of esters is 1. The van der Waals surface area contributed by atoms with Crippen molar-refractivity contribution < 1.29 is 14.3 Å². The normalized spacial score (nSPS) is 11.8. The fourth-order valence-corrected chi connectivity index (χ4v) is 4.24. The molecular formula is C16H18ClN3O3S2. The maximum Gasteiger partial charge on any atom is 0.319 e. The minimum Gasteiger partial charge on any atom is -0.465 e. The fourth-order valence-electron chi connectivity index (χ4n) is 1.95. The van der Waals surface area contributed by atoms with E-state index in [1.807, 2.05) is 6.92 Å². The van der Waals surface area contributed by atoms with E-state index in [4.69, 9.17) is 16.3 Å². The van der Waals surface area contributed by atoms with Crippen molar-refractivity contribution in [2.24, 2.45) is 0 Å². The zero-order valence-electron chi connectivity index (χ0n) is 13.8. The highest BCUT2D eigenvalue weighted by molar-refractivity contribution is 8.02. The molecule has 134 valence electrons. The first kappa shape index (κ1) is 19.7. The van der Waals surface area contributed by atoms with Gasteiger partial charge in [0.25, 0.3) is 5.91 Å². The Morgan fingerprint density at radius 1 is 1.36 bits per heavy atom. The van der Waals surface area contributed by atoms with Gasteiger partial charge >= 0.3 is 5.97 Å². The quantitative estimate of drug-likeness (QED) is 0.405. The van der Waals surface area contributed by atoms with Crippen molar-refractivity contribution in [3.63, 3.8) is 0 Å². The number of hydrogen-bond acceptors (Lipinski definition) is 7. The van der Waals surface area contributed by atoms with E-state index in [1.54, 1.807) is 31.2 Å². The minimum absolute atomic E-state index is 0.255. The number of aromatic nitrogens is 2. The summed E-state index contributed by atoms with van der Waals surface area (Å²) in [5.41, 5.74) is 0.437. The third-order valence-electron chi connectivity index (χ3n) is 3.06. The molecule has 0 fully saturated rings. The van der Waals surface area contributed by atoms with Crippen molar-refractivity contribution in [2.75, 3.05) is 11.9 Å². The summed E-state index contributed by atoms with van der Waals surface area (Å²) in [7, 11) is 0. The Bertz CT molecular complexity index is 739. The van der Waals surface area contributed by atoms with Crippen LogP contribution in [0, 0.1) is 0 Å². The molecule has 25 heavy (non-hydrogen) atoms. The monoisotopic (exact) mass is 399 g/mol. The lowest BCUT2D eigenvalue weighted by Gasteiger charge is -2.11. The van der Waals surface area contributed by atoms with Crippen LogP contribution in [0.15, 0.2) is 28.6 Å². The number of thioether (sulfide) groups is 1. The molecule has 2 rings (SSSR count). The number of hydrogen-bond donors (Lipinski definition) is 1. The molecule has 6 nitrogen and oxygen atoms in total. The number of amides is 1. The smallest absolute Gasteiger partial charge is 0.319 e. The van der Waals surface area contributed by atoms with Gasteiger partial charge in [0.05, 0.1) is 6.61 Å². The molecule has 1 heterocycles. The zero-order chi connectivity index (χ0) is 18.2. The molecule has 0 saturated carbocycles. The molecule has 2 aromatic rings. The molecule has 0 bridgehead atoms. The number of rotatable bonds is 8. The number of carbonyl (C=O) groups is 2. The first-order valence-electron chi connectivity index (χ1n) is 7.77. The van der Waals surface area contributed by atoms with Crippen LogP contribution in [-0.4, -0.2) is 33.9 Å². The molecule has 0 aliphatic heterocycles. The maximum atomic E-state index is 12.2. The summed E-state index contributed by atoms with van der Waals surface area (Å²) in [6.07, 6.45) is 1.54. The van der Waals surface area contributed by atoms with Crippen LogP contribution in [-0.2, 0) is 9.53 Å². The van der Waals surface area contributed by atoms with E-state index in [-0.39, 0.29) is 17.1 Å². The summed E-state index contributed by atoms with van der Waals surface area (Å²) >= 11 is 8.41. The van der Waals surface area contributed by atoms with Gasteiger partial charge in [0, 0.05) is 10.6 Å². The van der Waals surface area contributed by atoms with E-state index in [0.717, 1.165) is 6.42 Å². The Hall–Kier alpha value is -1.64. The van der Waals surface area contributed by atoms with E-state index in [1.165, 1.54) is 23.1 Å². The van der Waals surface area contributed by atoms with Crippen LogP contribution in [0.3, 0.4) is 0 Å². The highest BCUT2D eigenvalue weighted by atomic mass is 35.5. The summed E-state index contributed by atoms with van der Waals surface area (Å²) in [6.45, 7) is 4.13. The Kier molecular flexibility index (Phi) is 7.67. The van der Waals surface area contributed by atoms with E-state index in [9.17, 15) is 9.59 Å². The van der Waals surface area contributed by atoms with Crippen LogP contribution in [0.4, 0.5) is 5.13 Å². The SMILES string of the molecule is CCC[C@H](Sc1nnc(NC(=O)c2cccc(Cl)c2)s1)C(=O)OCC. The van der Waals surface area contributed by atoms with Gasteiger partial charge in [0.2, 0.25) is 5.13 Å². The largest absolute Gasteiger partial charge is 0.465 e. The van der Waals surface area contributed by atoms with Gasteiger partial charge in [-0.2, -0.15) is 0 Å². The van der Waals surface area contributed by atoms with Crippen molar-refractivity contribution in [1.29, 1.82) is 0 Å². The zero-order valence-corrected chi connectivity index (χ0v) is 16.2. The van der Waals surface area contributed by atoms with Crippen LogP contribution in [0.2, 0.25) is 5.02 Å². The average molecular weight is 400 g/mol. The molecule has 1 amide bonds. The first-order chi connectivity index (χ1) is 12.0. The number of nitrogens with one attached hydrogen (secondary N) is 1. The number of halogens is 1. The molecule has 1 N–H and O–H groups in total. The Balaban J connectivity index is 2.01. The number of anilines is 1. The van der Waals surface area contributed by atoms with E-state index in [0.29, 0.717) is 33.1 Å². The van der Waals surface area contributed by atoms with Gasteiger partial charge in [-0.15, -0.1) is 10.2 Å². The van der Waals surface area contributed by atoms with Gasteiger partial charge in [-0.1, -0.05) is 54.1 Å². The van der Waals surface area contributed by atoms with Crippen LogP contribution >= 0.6 is 34.7 Å². The van der Waals surface area contributed by atoms with Crippen molar-refractivity contribution in [1.82, 2.24) is 10.2 Å². The topological polar surface area (TPSA) is 81.2 Å². The second-order valence-electron chi connectivity index (χ2n) is 4.98. The van der Waals surface area contributed by atoms with Gasteiger partial charge < -0.3 is 4.74 Å². The summed E-state index contributed by atoms with van der Waals surface area (Å²) in [5.74, 6) is -0.570. The molecule has 0 spiro atoms. The molecule has 0 radical (unpaired) electrons. The number of ether oxygens (including phenoxy) is 1. The van der Waals surface area contributed by atoms with Crippen molar-refractivity contribution in [2.45, 2.75) is 36.3 Å². The van der Waals surface area contributed by atoms with Gasteiger partial charge in [-0.05, 0) is 31.5 Å². The fraction of sp³-hybridized carbons (Fsp3) is 0.375. The molecule has 0 aliphatic rings. The summed E-state index contributed by atoms with van der Waals surface area (Å²) in [4.78, 5) is 24.2. The Morgan fingerprint density at radius 2 is 2.16 bits per heavy atom. The van der Waals surface area contributed by atoms with Crippen LogP contribution in [0.1, 0.15) is 37.0 Å². The highest BCUT2D eigenvalue weighted by Gasteiger charge is 2.22. The maximum absolute atomic E-state index is 12.2. The summed E-state index contributed by atoms with van der Waals surface area (Å²) < 4.78 is 5.69. The van der Waals surface area contributed by atoms with Crippen molar-refractivity contribution >= 4 is 51.7 Å². The van der Waals surface area contributed by atoms with Gasteiger partial charge in [-0.25, -0.2) is 0 Å². The van der Waals surface area contributed by atoms with E-state index >= 15 is 0 Å². The third-order valence-corrected chi connectivity index (χ3v) is 5.46. The number of benzene rings is 1. The summed E-state index contributed by atoms with van der Waals surface area (Å²) in [5, 5.41) is 11.2. The second-order valence-corrected chi connectivity index (χ2v) is 7.85. The van der Waals surface area contributed by atoms with Gasteiger partial charge in [0.15, 0.2) is 4.34 Å². The minimum atomic E-state index is -0.325. The van der Waals surface area contributed by atoms with E-state index in [2.05, 4.69) is 15.5 Å². The molecule has 0 unspecified atom stereocenters. The Labute approximate surface area is 159 Å². The van der Waals surface area contributed by atoms with Gasteiger partial charge in [-0.3, -0.25) is 14.9 Å². The lowest BCUT2D eigenvalue weighted by atomic mass is 10.2. The number of carbonyl (C=O) groups excluding carboxylic acids is 2. The van der Waals surface area contributed by atoms with E-state index < -0.39 is 0 Å². The Morgan fingerprint density at radius 3 is 2.84 bits per heavy atom. The van der Waals surface area contributed by atoms with Crippen LogP contribution < -0.4 is 5.32 Å². The molecule has 0 saturated heterocycles. The van der Waals surface area contributed by atoms with Crippen LogP contribution in [0.25, 0.3) is 0 Å². The standard InChI is InChI=1S/C16H18ClN3O3S2/c1-3-6-12(14(22)23-4-2)24-16-20-19-15(25-16)18-13(21)10-7-5-8-11(17)9-10/h5,7-9,12H,3-4,6H2,1-2H3,(H,18,19,21)/t12-/m0/s1. The predicted molar refractivity (Wildman–Crippen MR) is 101 cm³/mol. The molecule has 9 heteroatoms. The first-order valence-corrected chi connectivity index (χ1v) is 9.84. The molecule has 0 aliphatic carbocycles. The lowest BCUT2D eigenvalue weighted by molar-refractivity contribution is -0.142. The highest BCUT2D eigenvalue weighted by Crippen LogP contribution is 2.31. The molecule has 1 aromatic carbocycles. The van der Waals surface area contributed by atoms with Crippen molar-refractivity contribution in [3.8, 4) is 0 Å². The number of nitrogens with zero attached hydrogens (tertiary/aromatic N) is 2. The summed E-state index contributed by atoms with van der Waals surface area (Å²) in [6, 6.07) is 6.64. The second kappa shape index (κ2) is 9.74. The average Bonchev–Trinajstić information content (AvgIpc) is 3.01.